The Morgan fingerprint density at radius 3 is 2.34 bits per heavy atom. The first-order valence-electron chi connectivity index (χ1n) is 11.6. The van der Waals surface area contributed by atoms with Gasteiger partial charge in [0, 0.05) is 25.1 Å². The Labute approximate surface area is 202 Å². The number of anilines is 1. The van der Waals surface area contributed by atoms with Crippen LogP contribution in [0.3, 0.4) is 0 Å². The highest BCUT2D eigenvalue weighted by Gasteiger charge is 2.34. The molecule has 0 saturated carbocycles. The minimum Gasteiger partial charge on any atom is -0.481 e. The Kier molecular flexibility index (Phi) is 6.03. The van der Waals surface area contributed by atoms with E-state index in [4.69, 9.17) is 9.15 Å². The molecule has 0 spiro atoms. The number of carbonyl (C=O) groups is 3. The van der Waals surface area contributed by atoms with E-state index in [1.807, 2.05) is 43.3 Å². The molecule has 2 amide bonds. The lowest BCUT2D eigenvalue weighted by atomic mass is 9.90. The summed E-state index contributed by atoms with van der Waals surface area (Å²) in [6, 6.07) is 17.6. The van der Waals surface area contributed by atoms with Crippen LogP contribution in [0, 0.1) is 11.8 Å². The molecule has 35 heavy (non-hydrogen) atoms. The summed E-state index contributed by atoms with van der Waals surface area (Å²) >= 11 is 0. The maximum atomic E-state index is 13.1. The molecule has 8 heteroatoms. The summed E-state index contributed by atoms with van der Waals surface area (Å²) in [6.45, 7) is 2.58. The first-order valence-corrected chi connectivity index (χ1v) is 11.6. The molecule has 2 unspecified atom stereocenters. The van der Waals surface area contributed by atoms with E-state index in [2.05, 4.69) is 17.4 Å². The third kappa shape index (κ3) is 4.39. The minimum atomic E-state index is -0.925. The van der Waals surface area contributed by atoms with Gasteiger partial charge in [0.15, 0.2) is 0 Å². The molecule has 0 radical (unpaired) electrons. The van der Waals surface area contributed by atoms with Crippen molar-refractivity contribution in [2.24, 2.45) is 11.8 Å². The highest BCUT2D eigenvalue weighted by molar-refractivity contribution is 6.00. The Morgan fingerprint density at radius 2 is 1.69 bits per heavy atom. The number of benzene rings is 2. The number of furan rings is 1. The quantitative estimate of drug-likeness (QED) is 0.549. The molecule has 180 valence electrons. The second-order valence-electron chi connectivity index (χ2n) is 9.20. The van der Waals surface area contributed by atoms with Crippen molar-refractivity contribution >= 4 is 23.7 Å². The first-order chi connectivity index (χ1) is 16.9. The van der Waals surface area contributed by atoms with E-state index in [1.54, 1.807) is 0 Å². The average molecular weight is 475 g/mol. The van der Waals surface area contributed by atoms with Crippen LogP contribution in [-0.2, 0) is 9.53 Å². The summed E-state index contributed by atoms with van der Waals surface area (Å²) in [7, 11) is 0. The van der Waals surface area contributed by atoms with Crippen LogP contribution in [0.2, 0.25) is 0 Å². The van der Waals surface area contributed by atoms with Crippen molar-refractivity contribution in [2.75, 3.05) is 25.0 Å². The number of carboxylic acids is 1. The number of hydrogen-bond donors (Lipinski definition) is 2. The standard InChI is InChI=1S/C27H26N2O6/c1-16-12-17(26(31)32)14-29(13-16)25(30)24-23(10-11-34-24)28-27(33)35-15-22-20-8-4-2-6-18(20)19-7-3-5-9-21(19)22/h2-11,16-17,22H,12-15H2,1H3,(H,28,33)(H,31,32). The summed E-state index contributed by atoms with van der Waals surface area (Å²) in [5.74, 6) is -2.09. The Bertz CT molecular complexity index is 1240. The van der Waals surface area contributed by atoms with Crippen molar-refractivity contribution in [3.8, 4) is 11.1 Å². The van der Waals surface area contributed by atoms with Crippen molar-refractivity contribution in [2.45, 2.75) is 19.3 Å². The van der Waals surface area contributed by atoms with E-state index in [-0.39, 0.29) is 36.4 Å². The number of likely N-dealkylation sites (tertiary alicyclic amines) is 1. The van der Waals surface area contributed by atoms with Crippen LogP contribution in [0.5, 0.6) is 0 Å². The number of piperidine rings is 1. The summed E-state index contributed by atoms with van der Waals surface area (Å²) in [6.07, 6.45) is 1.13. The lowest BCUT2D eigenvalue weighted by Gasteiger charge is -2.34. The topological polar surface area (TPSA) is 109 Å². The number of carboxylic acid groups (broad SMARTS) is 1. The molecule has 0 bridgehead atoms. The number of rotatable bonds is 5. The van der Waals surface area contributed by atoms with Crippen molar-refractivity contribution in [1.29, 1.82) is 0 Å². The highest BCUT2D eigenvalue weighted by Crippen LogP contribution is 2.44. The maximum absolute atomic E-state index is 13.1. The van der Waals surface area contributed by atoms with E-state index < -0.39 is 23.9 Å². The molecule has 2 heterocycles. The number of carbonyl (C=O) groups excluding carboxylic acids is 2. The van der Waals surface area contributed by atoms with Gasteiger partial charge in [0.1, 0.15) is 6.61 Å². The second kappa shape index (κ2) is 9.29. The summed E-state index contributed by atoms with van der Waals surface area (Å²) in [5.41, 5.74) is 4.67. The average Bonchev–Trinajstić information content (AvgIpc) is 3.44. The molecule has 2 atom stereocenters. The Morgan fingerprint density at radius 1 is 1.03 bits per heavy atom. The third-order valence-corrected chi connectivity index (χ3v) is 6.74. The Hall–Kier alpha value is -4.07. The molecule has 1 aliphatic heterocycles. The molecule has 1 aliphatic carbocycles. The molecule has 1 aromatic heterocycles. The highest BCUT2D eigenvalue weighted by atomic mass is 16.5. The molecular formula is C27H26N2O6. The lowest BCUT2D eigenvalue weighted by Crippen LogP contribution is -2.45. The number of hydrogen-bond acceptors (Lipinski definition) is 5. The van der Waals surface area contributed by atoms with Gasteiger partial charge < -0.3 is 19.2 Å². The molecule has 3 aromatic rings. The Balaban J connectivity index is 1.26. The maximum Gasteiger partial charge on any atom is 0.411 e. The zero-order valence-electron chi connectivity index (χ0n) is 19.3. The zero-order valence-corrected chi connectivity index (χ0v) is 19.3. The van der Waals surface area contributed by atoms with E-state index in [9.17, 15) is 19.5 Å². The van der Waals surface area contributed by atoms with Crippen molar-refractivity contribution in [1.82, 2.24) is 4.90 Å². The van der Waals surface area contributed by atoms with Gasteiger partial charge in [0.2, 0.25) is 5.76 Å². The predicted molar refractivity (Wildman–Crippen MR) is 128 cm³/mol. The van der Waals surface area contributed by atoms with Crippen LogP contribution >= 0.6 is 0 Å². The first kappa shape index (κ1) is 22.7. The number of fused-ring (bicyclic) bond motifs is 3. The number of amides is 2. The van der Waals surface area contributed by atoms with Gasteiger partial charge in [-0.1, -0.05) is 55.5 Å². The van der Waals surface area contributed by atoms with E-state index in [0.29, 0.717) is 13.0 Å². The SMILES string of the molecule is CC1CC(C(=O)O)CN(C(=O)c2occc2NC(=O)OCC2c3ccccc3-c3ccccc32)C1. The molecule has 2 aromatic carbocycles. The normalized spacial score (nSPS) is 19.1. The van der Waals surface area contributed by atoms with Crippen LogP contribution in [0.25, 0.3) is 11.1 Å². The molecule has 1 fully saturated rings. The summed E-state index contributed by atoms with van der Waals surface area (Å²) in [4.78, 5) is 38.7. The fraction of sp³-hybridized carbons (Fsp3) is 0.296. The molecule has 1 saturated heterocycles. The van der Waals surface area contributed by atoms with Crippen LogP contribution in [0.4, 0.5) is 10.5 Å². The van der Waals surface area contributed by atoms with Crippen LogP contribution in [0.15, 0.2) is 65.3 Å². The minimum absolute atomic E-state index is 0.0438. The summed E-state index contributed by atoms with van der Waals surface area (Å²) in [5, 5.41) is 12.0. The van der Waals surface area contributed by atoms with Gasteiger partial charge in [-0.25, -0.2) is 4.79 Å². The summed E-state index contributed by atoms with van der Waals surface area (Å²) < 4.78 is 10.9. The van der Waals surface area contributed by atoms with Crippen LogP contribution in [-0.4, -0.2) is 47.7 Å². The third-order valence-electron chi connectivity index (χ3n) is 6.74. The number of nitrogens with zero attached hydrogens (tertiary/aromatic N) is 1. The molecule has 5 rings (SSSR count). The smallest absolute Gasteiger partial charge is 0.411 e. The monoisotopic (exact) mass is 474 g/mol. The second-order valence-corrected chi connectivity index (χ2v) is 9.20. The van der Waals surface area contributed by atoms with Gasteiger partial charge in [0.05, 0.1) is 17.9 Å². The molecule has 2 aliphatic rings. The van der Waals surface area contributed by atoms with Gasteiger partial charge >= 0.3 is 12.1 Å². The van der Waals surface area contributed by atoms with Crippen molar-refractivity contribution in [3.63, 3.8) is 0 Å². The van der Waals surface area contributed by atoms with Gasteiger partial charge in [-0.05, 0) is 34.6 Å². The number of ether oxygens (including phenoxy) is 1. The van der Waals surface area contributed by atoms with Crippen LogP contribution in [0.1, 0.15) is 40.9 Å². The van der Waals surface area contributed by atoms with E-state index >= 15 is 0 Å². The predicted octanol–water partition coefficient (Wildman–Crippen LogP) is 4.82. The van der Waals surface area contributed by atoms with Crippen molar-refractivity contribution < 1.29 is 28.6 Å². The van der Waals surface area contributed by atoms with Gasteiger partial charge in [0.25, 0.3) is 5.91 Å². The largest absolute Gasteiger partial charge is 0.481 e. The number of aliphatic carboxylic acids is 1. The fourth-order valence-electron chi connectivity index (χ4n) is 5.16. The zero-order chi connectivity index (χ0) is 24.5. The van der Waals surface area contributed by atoms with Gasteiger partial charge in [-0.2, -0.15) is 0 Å². The van der Waals surface area contributed by atoms with E-state index in [0.717, 1.165) is 22.3 Å². The van der Waals surface area contributed by atoms with Gasteiger partial charge in [-0.15, -0.1) is 0 Å². The molecule has 8 nitrogen and oxygen atoms in total. The van der Waals surface area contributed by atoms with Crippen LogP contribution < -0.4 is 5.32 Å². The number of nitrogens with one attached hydrogen (secondary N) is 1. The molecule has 2 N–H and O–H groups in total. The van der Waals surface area contributed by atoms with E-state index in [1.165, 1.54) is 17.2 Å². The van der Waals surface area contributed by atoms with Gasteiger partial charge in [-0.3, -0.25) is 14.9 Å². The fourth-order valence-corrected chi connectivity index (χ4v) is 5.16. The van der Waals surface area contributed by atoms with Crippen molar-refractivity contribution in [3.05, 3.63) is 77.7 Å². The molecular weight excluding hydrogens is 448 g/mol. The lowest BCUT2D eigenvalue weighted by molar-refractivity contribution is -0.143.